The summed E-state index contributed by atoms with van der Waals surface area (Å²) in [6.07, 6.45) is 1.52. The Bertz CT molecular complexity index is 262. The van der Waals surface area contributed by atoms with Crippen molar-refractivity contribution >= 4 is 21.8 Å². The van der Waals surface area contributed by atoms with Crippen LogP contribution in [0.15, 0.2) is 16.9 Å². The monoisotopic (exact) mass is 199 g/mol. The molecule has 1 aromatic heterocycles. The maximum atomic E-state index is 10.5. The second kappa shape index (κ2) is 2.79. The van der Waals surface area contributed by atoms with Gasteiger partial charge < -0.3 is 5.73 Å². The van der Waals surface area contributed by atoms with Crippen molar-refractivity contribution in [3.8, 4) is 0 Å². The van der Waals surface area contributed by atoms with Gasteiger partial charge in [-0.05, 0) is 28.1 Å². The highest BCUT2D eigenvalue weighted by atomic mass is 79.9. The van der Waals surface area contributed by atoms with E-state index in [0.29, 0.717) is 4.60 Å². The second-order valence-corrected chi connectivity index (χ2v) is 2.37. The van der Waals surface area contributed by atoms with Gasteiger partial charge in [0, 0.05) is 6.20 Å². The molecule has 1 radical (unpaired) electrons. The molecule has 0 saturated heterocycles. The van der Waals surface area contributed by atoms with Crippen molar-refractivity contribution < 1.29 is 4.79 Å². The van der Waals surface area contributed by atoms with Crippen LogP contribution in [0.5, 0.6) is 0 Å². The predicted octanol–water partition coefficient (Wildman–Crippen LogP) is 0.743. The lowest BCUT2D eigenvalue weighted by atomic mass is 10.3. The first-order chi connectivity index (χ1) is 4.72. The molecule has 3 nitrogen and oxygen atoms in total. The minimum absolute atomic E-state index is 0.280. The number of hydrogen-bond acceptors (Lipinski definition) is 2. The smallest absolute Gasteiger partial charge is 0.252 e. The van der Waals surface area contributed by atoms with Crippen LogP contribution in [0.3, 0.4) is 0 Å². The molecular weight excluding hydrogens is 196 g/mol. The number of halogens is 1. The van der Waals surface area contributed by atoms with E-state index in [1.807, 2.05) is 0 Å². The van der Waals surface area contributed by atoms with E-state index in [1.165, 1.54) is 12.3 Å². The number of nitrogens with two attached hydrogens (primary N) is 1. The molecule has 0 bridgehead atoms. The molecule has 0 fully saturated rings. The number of carbonyl (C=O) groups excluding carboxylic acids is 1. The maximum absolute atomic E-state index is 10.5. The molecule has 1 aromatic rings. The van der Waals surface area contributed by atoms with Crippen molar-refractivity contribution in [1.29, 1.82) is 0 Å². The standard InChI is InChI=1S/C6H4BrN2O/c7-5-4(6(8)10)2-1-3-9-5/h1,3H,(H2,8,10). The summed E-state index contributed by atoms with van der Waals surface area (Å²) in [4.78, 5) is 14.3. The third kappa shape index (κ3) is 1.33. The summed E-state index contributed by atoms with van der Waals surface area (Å²) in [5.74, 6) is -0.528. The average Bonchev–Trinajstić information content (AvgIpc) is 1.88. The molecule has 0 atom stereocenters. The first-order valence-electron chi connectivity index (χ1n) is 2.54. The number of primary amides is 1. The topological polar surface area (TPSA) is 56.0 Å². The Morgan fingerprint density at radius 3 is 2.90 bits per heavy atom. The van der Waals surface area contributed by atoms with E-state index in [9.17, 15) is 4.79 Å². The lowest BCUT2D eigenvalue weighted by Crippen LogP contribution is -2.12. The second-order valence-electron chi connectivity index (χ2n) is 1.62. The third-order valence-electron chi connectivity index (χ3n) is 0.943. The van der Waals surface area contributed by atoms with Gasteiger partial charge in [0.15, 0.2) is 0 Å². The van der Waals surface area contributed by atoms with Gasteiger partial charge in [0.1, 0.15) is 4.60 Å². The largest absolute Gasteiger partial charge is 0.365 e. The molecule has 0 aromatic carbocycles. The summed E-state index contributed by atoms with van der Waals surface area (Å²) in [5, 5.41) is 0. The van der Waals surface area contributed by atoms with Crippen molar-refractivity contribution in [3.63, 3.8) is 0 Å². The minimum atomic E-state index is -0.528. The fourth-order valence-electron chi connectivity index (χ4n) is 0.520. The summed E-state index contributed by atoms with van der Waals surface area (Å²) in [6, 6.07) is 4.18. The highest BCUT2D eigenvalue weighted by Crippen LogP contribution is 2.09. The highest BCUT2D eigenvalue weighted by Gasteiger charge is 2.04. The first-order valence-corrected chi connectivity index (χ1v) is 3.33. The molecule has 0 saturated carbocycles. The molecule has 1 rings (SSSR count). The highest BCUT2D eigenvalue weighted by molar-refractivity contribution is 9.10. The van der Waals surface area contributed by atoms with E-state index in [-0.39, 0.29) is 5.56 Å². The zero-order chi connectivity index (χ0) is 7.56. The van der Waals surface area contributed by atoms with Gasteiger partial charge in [-0.2, -0.15) is 0 Å². The van der Waals surface area contributed by atoms with Crippen molar-refractivity contribution in [2.75, 3.05) is 0 Å². The van der Waals surface area contributed by atoms with Gasteiger partial charge >= 0.3 is 0 Å². The summed E-state index contributed by atoms with van der Waals surface area (Å²) < 4.78 is 0.433. The van der Waals surface area contributed by atoms with Crippen LogP contribution in [0.2, 0.25) is 0 Å². The van der Waals surface area contributed by atoms with E-state index in [2.05, 4.69) is 27.0 Å². The van der Waals surface area contributed by atoms with Gasteiger partial charge in [0.05, 0.1) is 5.56 Å². The third-order valence-corrected chi connectivity index (χ3v) is 1.54. The van der Waals surface area contributed by atoms with E-state index in [4.69, 9.17) is 5.73 Å². The summed E-state index contributed by atoms with van der Waals surface area (Å²) in [5.41, 5.74) is 5.25. The SMILES string of the molecule is NC(=O)c1[c]ccnc1Br. The van der Waals surface area contributed by atoms with Gasteiger partial charge in [-0.15, -0.1) is 0 Å². The predicted molar refractivity (Wildman–Crippen MR) is 39.3 cm³/mol. The Morgan fingerprint density at radius 1 is 1.80 bits per heavy atom. The van der Waals surface area contributed by atoms with Gasteiger partial charge in [-0.3, -0.25) is 4.79 Å². The average molecular weight is 200 g/mol. The molecular formula is C6H4BrN2O. The number of aromatic nitrogens is 1. The molecule has 0 spiro atoms. The van der Waals surface area contributed by atoms with Crippen molar-refractivity contribution in [1.82, 2.24) is 4.98 Å². The molecule has 4 heteroatoms. The Hall–Kier alpha value is -0.900. The molecule has 1 heterocycles. The van der Waals surface area contributed by atoms with Crippen LogP contribution in [0.1, 0.15) is 10.4 Å². The molecule has 0 aliphatic carbocycles. The van der Waals surface area contributed by atoms with Crippen LogP contribution >= 0.6 is 15.9 Å². The van der Waals surface area contributed by atoms with E-state index in [0.717, 1.165) is 0 Å². The zero-order valence-electron chi connectivity index (χ0n) is 4.97. The fourth-order valence-corrected chi connectivity index (χ4v) is 0.948. The first kappa shape index (κ1) is 7.21. The fraction of sp³-hybridized carbons (Fsp3) is 0. The van der Waals surface area contributed by atoms with Crippen molar-refractivity contribution in [2.45, 2.75) is 0 Å². The van der Waals surface area contributed by atoms with Crippen LogP contribution in [0, 0.1) is 6.07 Å². The number of hydrogen-bond donors (Lipinski definition) is 1. The van der Waals surface area contributed by atoms with Gasteiger partial charge in [-0.25, -0.2) is 4.98 Å². The van der Waals surface area contributed by atoms with Gasteiger partial charge in [-0.1, -0.05) is 0 Å². The Morgan fingerprint density at radius 2 is 2.50 bits per heavy atom. The zero-order valence-corrected chi connectivity index (χ0v) is 6.55. The number of amides is 1. The number of pyridine rings is 1. The van der Waals surface area contributed by atoms with Gasteiger partial charge in [0.2, 0.25) is 0 Å². The van der Waals surface area contributed by atoms with Crippen LogP contribution in [-0.4, -0.2) is 10.9 Å². The normalized spacial score (nSPS) is 9.30. The lowest BCUT2D eigenvalue weighted by Gasteiger charge is -1.94. The van der Waals surface area contributed by atoms with E-state index in [1.54, 1.807) is 0 Å². The Kier molecular flexibility index (Phi) is 2.01. The minimum Gasteiger partial charge on any atom is -0.365 e. The number of rotatable bonds is 1. The number of carbonyl (C=O) groups is 1. The van der Waals surface area contributed by atoms with Gasteiger partial charge in [0.25, 0.3) is 5.91 Å². The molecule has 0 unspecified atom stereocenters. The quantitative estimate of drug-likeness (QED) is 0.679. The lowest BCUT2D eigenvalue weighted by molar-refractivity contribution is 0.0999. The molecule has 0 aliphatic heterocycles. The molecule has 2 N–H and O–H groups in total. The Labute approximate surface area is 66.4 Å². The van der Waals surface area contributed by atoms with Crippen LogP contribution in [-0.2, 0) is 0 Å². The summed E-state index contributed by atoms with van der Waals surface area (Å²) in [7, 11) is 0. The van der Waals surface area contributed by atoms with Crippen LogP contribution < -0.4 is 5.73 Å². The summed E-state index contributed by atoms with van der Waals surface area (Å²) >= 11 is 3.05. The van der Waals surface area contributed by atoms with E-state index < -0.39 is 5.91 Å². The van der Waals surface area contributed by atoms with Crippen LogP contribution in [0.25, 0.3) is 0 Å². The van der Waals surface area contributed by atoms with E-state index >= 15 is 0 Å². The molecule has 1 amide bonds. The van der Waals surface area contributed by atoms with Crippen LogP contribution in [0.4, 0.5) is 0 Å². The maximum Gasteiger partial charge on any atom is 0.252 e. The number of nitrogens with zero attached hydrogens (tertiary/aromatic N) is 1. The molecule has 51 valence electrons. The summed E-state index contributed by atoms with van der Waals surface area (Å²) in [6.45, 7) is 0. The van der Waals surface area contributed by atoms with Crippen molar-refractivity contribution in [3.05, 3.63) is 28.5 Å². The molecule has 10 heavy (non-hydrogen) atoms. The molecule has 0 aliphatic rings. The van der Waals surface area contributed by atoms with Crippen molar-refractivity contribution in [2.24, 2.45) is 5.73 Å². The Balaban J connectivity index is 3.15.